The minimum atomic E-state index is 0.141. The molecule has 0 spiro atoms. The Morgan fingerprint density at radius 3 is 2.41 bits per heavy atom. The second-order valence-corrected chi connectivity index (χ2v) is 5.39. The van der Waals surface area contributed by atoms with Gasteiger partial charge in [-0.1, -0.05) is 0 Å². The monoisotopic (exact) mass is 298 g/mol. The van der Waals surface area contributed by atoms with Crippen molar-refractivity contribution in [1.82, 2.24) is 10.2 Å². The third-order valence-corrected chi connectivity index (χ3v) is 3.59. The Labute approximate surface area is 132 Å². The van der Waals surface area contributed by atoms with Gasteiger partial charge in [-0.25, -0.2) is 0 Å². The Kier molecular flexibility index (Phi) is 7.08. The molecule has 116 valence electrons. The minimum absolute atomic E-state index is 0.141. The van der Waals surface area contributed by atoms with Gasteiger partial charge in [0.1, 0.15) is 24.0 Å². The number of nitriles is 2. The molecule has 0 saturated heterocycles. The summed E-state index contributed by atoms with van der Waals surface area (Å²) in [6.07, 6.45) is 6.15. The van der Waals surface area contributed by atoms with E-state index >= 15 is 0 Å². The van der Waals surface area contributed by atoms with Crippen LogP contribution in [0.2, 0.25) is 0 Å². The van der Waals surface area contributed by atoms with Crippen molar-refractivity contribution in [3.63, 3.8) is 0 Å². The molecule has 1 atom stereocenters. The van der Waals surface area contributed by atoms with Crippen LogP contribution >= 0.6 is 0 Å². The zero-order chi connectivity index (χ0) is 16.5. The van der Waals surface area contributed by atoms with Crippen LogP contribution in [0.1, 0.15) is 33.6 Å². The summed E-state index contributed by atoms with van der Waals surface area (Å²) in [6, 6.07) is 4.06. The van der Waals surface area contributed by atoms with Crippen molar-refractivity contribution in [3.8, 4) is 12.1 Å². The maximum Gasteiger partial charge on any atom is 0.137 e. The van der Waals surface area contributed by atoms with Crippen molar-refractivity contribution >= 4 is 6.29 Å². The molecule has 1 N–H and O–H groups in total. The molecular formula is C17H22N4O. The van der Waals surface area contributed by atoms with Crippen LogP contribution in [0.15, 0.2) is 34.7 Å². The topological polar surface area (TPSA) is 79.9 Å². The lowest BCUT2D eigenvalue weighted by molar-refractivity contribution is -0.108. The van der Waals surface area contributed by atoms with E-state index in [9.17, 15) is 4.79 Å². The summed E-state index contributed by atoms with van der Waals surface area (Å²) >= 11 is 0. The number of nitrogens with zero attached hydrogens (tertiary/aromatic N) is 3. The molecular weight excluding hydrogens is 276 g/mol. The van der Waals surface area contributed by atoms with Gasteiger partial charge in [-0.15, -0.1) is 0 Å². The maximum absolute atomic E-state index is 10.4. The van der Waals surface area contributed by atoms with Crippen LogP contribution in [-0.2, 0) is 4.79 Å². The van der Waals surface area contributed by atoms with Crippen LogP contribution in [0.5, 0.6) is 0 Å². The smallest absolute Gasteiger partial charge is 0.137 e. The quantitative estimate of drug-likeness (QED) is 0.443. The highest BCUT2D eigenvalue weighted by Crippen LogP contribution is 2.24. The van der Waals surface area contributed by atoms with Crippen LogP contribution in [0, 0.1) is 22.7 Å². The molecule has 0 aromatic carbocycles. The second-order valence-electron chi connectivity index (χ2n) is 5.39. The first-order valence-electron chi connectivity index (χ1n) is 7.39. The van der Waals surface area contributed by atoms with Crippen molar-refractivity contribution in [2.24, 2.45) is 0 Å². The lowest BCUT2D eigenvalue weighted by Crippen LogP contribution is -2.31. The molecule has 1 unspecified atom stereocenters. The molecule has 1 heterocycles. The fourth-order valence-corrected chi connectivity index (χ4v) is 2.39. The predicted molar refractivity (Wildman–Crippen MR) is 85.2 cm³/mol. The molecule has 0 bridgehead atoms. The highest BCUT2D eigenvalue weighted by atomic mass is 16.1. The zero-order valence-corrected chi connectivity index (χ0v) is 13.4. The lowest BCUT2D eigenvalue weighted by atomic mass is 10.0. The summed E-state index contributed by atoms with van der Waals surface area (Å²) in [5.74, 6) is 0. The summed E-state index contributed by atoms with van der Waals surface area (Å²) in [7, 11) is 0. The van der Waals surface area contributed by atoms with Crippen LogP contribution in [0.25, 0.3) is 0 Å². The van der Waals surface area contributed by atoms with Gasteiger partial charge < -0.3 is 15.0 Å². The molecule has 0 fully saturated rings. The Hall–Kier alpha value is -2.37. The van der Waals surface area contributed by atoms with Gasteiger partial charge in [0.25, 0.3) is 0 Å². The first kappa shape index (κ1) is 17.7. The van der Waals surface area contributed by atoms with E-state index in [1.807, 2.05) is 45.1 Å². The Morgan fingerprint density at radius 2 is 1.91 bits per heavy atom. The fourth-order valence-electron chi connectivity index (χ4n) is 2.39. The van der Waals surface area contributed by atoms with Crippen molar-refractivity contribution < 1.29 is 4.79 Å². The van der Waals surface area contributed by atoms with Gasteiger partial charge in [-0.05, 0) is 45.9 Å². The van der Waals surface area contributed by atoms with E-state index in [1.54, 1.807) is 0 Å². The third-order valence-electron chi connectivity index (χ3n) is 3.59. The van der Waals surface area contributed by atoms with Crippen molar-refractivity contribution in [2.75, 3.05) is 13.1 Å². The molecule has 0 amide bonds. The van der Waals surface area contributed by atoms with E-state index < -0.39 is 0 Å². The van der Waals surface area contributed by atoms with Gasteiger partial charge in [-0.3, -0.25) is 0 Å². The molecule has 5 heteroatoms. The first-order chi connectivity index (χ1) is 10.5. The highest BCUT2D eigenvalue weighted by Gasteiger charge is 2.15. The molecule has 22 heavy (non-hydrogen) atoms. The molecule has 5 nitrogen and oxygen atoms in total. The molecule has 0 saturated carbocycles. The number of aldehydes is 1. The number of nitrogens with one attached hydrogen (secondary N) is 1. The van der Waals surface area contributed by atoms with E-state index in [1.165, 1.54) is 0 Å². The van der Waals surface area contributed by atoms with Gasteiger partial charge in [0, 0.05) is 36.0 Å². The predicted octanol–water partition coefficient (Wildman–Crippen LogP) is 2.41. The number of hydrogen-bond donors (Lipinski definition) is 1. The third kappa shape index (κ3) is 4.87. The van der Waals surface area contributed by atoms with E-state index in [0.717, 1.165) is 37.2 Å². The Balaban J connectivity index is 2.62. The summed E-state index contributed by atoms with van der Waals surface area (Å²) < 4.78 is 0. The standard InChI is InChI=1S/C17H22N4O/c1-13(5-8-22)20-6-4-7-21-14(2)9-16(10-15(21)3)17(11-18)12-19/h8-10,13,20H,4-7H2,1-3H3. The van der Waals surface area contributed by atoms with Crippen molar-refractivity contribution in [1.29, 1.82) is 10.5 Å². The molecule has 1 aliphatic rings. The summed E-state index contributed by atoms with van der Waals surface area (Å²) in [5.41, 5.74) is 2.87. The van der Waals surface area contributed by atoms with Crippen LogP contribution < -0.4 is 5.32 Å². The van der Waals surface area contributed by atoms with E-state index in [0.29, 0.717) is 12.0 Å². The van der Waals surface area contributed by atoms with Crippen LogP contribution in [0.4, 0.5) is 0 Å². The minimum Gasteiger partial charge on any atom is -0.349 e. The van der Waals surface area contributed by atoms with Crippen molar-refractivity contribution in [3.05, 3.63) is 34.7 Å². The fraction of sp³-hybridized carbons (Fsp3) is 0.471. The SMILES string of the molecule is CC1=CC(=C(C#N)C#N)C=C(C)N1CCCNC(C)CC=O. The molecule has 0 radical (unpaired) electrons. The lowest BCUT2D eigenvalue weighted by Gasteiger charge is -2.30. The number of carbonyl (C=O) groups is 1. The Bertz CT molecular complexity index is 549. The van der Waals surface area contributed by atoms with E-state index in [-0.39, 0.29) is 11.6 Å². The van der Waals surface area contributed by atoms with Gasteiger partial charge in [0.05, 0.1) is 0 Å². The average Bonchev–Trinajstić information content (AvgIpc) is 2.47. The maximum atomic E-state index is 10.4. The molecule has 1 rings (SSSR count). The molecule has 1 aliphatic heterocycles. The van der Waals surface area contributed by atoms with Gasteiger partial charge >= 0.3 is 0 Å². The molecule has 0 aromatic rings. The normalized spacial score (nSPS) is 15.3. The number of allylic oxidation sites excluding steroid dienone is 6. The Morgan fingerprint density at radius 1 is 1.32 bits per heavy atom. The molecule has 0 aromatic heterocycles. The van der Waals surface area contributed by atoms with Crippen molar-refractivity contribution in [2.45, 2.75) is 39.7 Å². The summed E-state index contributed by atoms with van der Waals surface area (Å²) in [4.78, 5) is 12.6. The van der Waals surface area contributed by atoms with Crippen LogP contribution in [0.3, 0.4) is 0 Å². The average molecular weight is 298 g/mol. The van der Waals surface area contributed by atoms with Gasteiger partial charge in [-0.2, -0.15) is 10.5 Å². The highest BCUT2D eigenvalue weighted by molar-refractivity contribution is 5.53. The van der Waals surface area contributed by atoms with Crippen LogP contribution in [-0.4, -0.2) is 30.3 Å². The second kappa shape index (κ2) is 8.81. The van der Waals surface area contributed by atoms with Gasteiger partial charge in [0.15, 0.2) is 0 Å². The number of carbonyl (C=O) groups excluding carboxylic acids is 1. The number of hydrogen-bond acceptors (Lipinski definition) is 5. The van der Waals surface area contributed by atoms with Gasteiger partial charge in [0.2, 0.25) is 0 Å². The summed E-state index contributed by atoms with van der Waals surface area (Å²) in [6.45, 7) is 7.65. The first-order valence-corrected chi connectivity index (χ1v) is 7.39. The largest absolute Gasteiger partial charge is 0.349 e. The number of rotatable bonds is 7. The zero-order valence-electron chi connectivity index (χ0n) is 13.4. The summed E-state index contributed by atoms with van der Waals surface area (Å²) in [5, 5.41) is 21.2. The van der Waals surface area contributed by atoms with E-state index in [4.69, 9.17) is 10.5 Å². The van der Waals surface area contributed by atoms with E-state index in [2.05, 4.69) is 10.2 Å². The molecule has 0 aliphatic carbocycles.